The maximum atomic E-state index is 13.4. The summed E-state index contributed by atoms with van der Waals surface area (Å²) in [6.07, 6.45) is 0. The van der Waals surface area contributed by atoms with Crippen LogP contribution in [0.25, 0.3) is 5.69 Å². The molecule has 128 valence electrons. The molecule has 3 aromatic rings. The second-order valence-electron chi connectivity index (χ2n) is 5.24. The molecular weight excluding hydrogens is 367 g/mol. The van der Waals surface area contributed by atoms with E-state index in [1.54, 1.807) is 12.1 Å². The van der Waals surface area contributed by atoms with E-state index in [9.17, 15) is 4.39 Å². The maximum Gasteiger partial charge on any atom is 0.214 e. The van der Waals surface area contributed by atoms with Crippen molar-refractivity contribution >= 4 is 23.4 Å². The van der Waals surface area contributed by atoms with Crippen molar-refractivity contribution in [2.75, 3.05) is 13.2 Å². The van der Waals surface area contributed by atoms with Gasteiger partial charge in [-0.1, -0.05) is 29.4 Å². The summed E-state index contributed by atoms with van der Waals surface area (Å²) in [5.74, 6) is 1.44. The zero-order valence-corrected chi connectivity index (χ0v) is 14.4. The Morgan fingerprint density at radius 1 is 1.20 bits per heavy atom. The van der Waals surface area contributed by atoms with E-state index in [0.29, 0.717) is 46.3 Å². The predicted octanol–water partition coefficient (Wildman–Crippen LogP) is 3.52. The third kappa shape index (κ3) is 3.40. The van der Waals surface area contributed by atoms with Gasteiger partial charge in [-0.3, -0.25) is 0 Å². The molecule has 9 heteroatoms. The van der Waals surface area contributed by atoms with Gasteiger partial charge in [0, 0.05) is 5.75 Å². The van der Waals surface area contributed by atoms with Crippen molar-refractivity contribution in [3.63, 3.8) is 0 Å². The summed E-state index contributed by atoms with van der Waals surface area (Å²) in [5.41, 5.74) is 1.51. The van der Waals surface area contributed by atoms with Crippen molar-refractivity contribution in [2.24, 2.45) is 0 Å². The molecule has 0 aliphatic carbocycles. The van der Waals surface area contributed by atoms with E-state index < -0.39 is 0 Å². The van der Waals surface area contributed by atoms with Crippen LogP contribution in [0, 0.1) is 5.82 Å². The van der Waals surface area contributed by atoms with E-state index in [2.05, 4.69) is 15.5 Å². The fraction of sp³-hybridized carbons (Fsp3) is 0.188. The van der Waals surface area contributed by atoms with E-state index in [1.807, 2.05) is 12.1 Å². The molecule has 2 aromatic carbocycles. The highest BCUT2D eigenvalue weighted by molar-refractivity contribution is 7.98. The first-order valence-corrected chi connectivity index (χ1v) is 8.82. The smallest absolute Gasteiger partial charge is 0.214 e. The second kappa shape index (κ2) is 6.89. The van der Waals surface area contributed by atoms with Gasteiger partial charge in [-0.05, 0) is 46.3 Å². The molecule has 0 bridgehead atoms. The van der Waals surface area contributed by atoms with Gasteiger partial charge in [-0.25, -0.2) is 4.39 Å². The minimum Gasteiger partial charge on any atom is -0.486 e. The highest BCUT2D eigenvalue weighted by atomic mass is 35.5. The third-order valence-electron chi connectivity index (χ3n) is 3.52. The Hall–Kier alpha value is -2.32. The minimum atomic E-state index is -0.345. The minimum absolute atomic E-state index is 0.345. The number of rotatable bonds is 4. The molecule has 1 aromatic heterocycles. The number of thioether (sulfide) groups is 1. The summed E-state index contributed by atoms with van der Waals surface area (Å²) in [7, 11) is 0. The Morgan fingerprint density at radius 2 is 2.08 bits per heavy atom. The molecule has 0 unspecified atom stereocenters. The van der Waals surface area contributed by atoms with E-state index >= 15 is 0 Å². The molecule has 0 radical (unpaired) electrons. The van der Waals surface area contributed by atoms with Crippen molar-refractivity contribution in [1.29, 1.82) is 0 Å². The molecule has 0 atom stereocenters. The van der Waals surface area contributed by atoms with Crippen LogP contribution in [0.5, 0.6) is 11.5 Å². The van der Waals surface area contributed by atoms with Crippen molar-refractivity contribution in [1.82, 2.24) is 20.2 Å². The number of nitrogens with zero attached hydrogens (tertiary/aromatic N) is 4. The molecule has 0 N–H and O–H groups in total. The van der Waals surface area contributed by atoms with Crippen molar-refractivity contribution in [3.8, 4) is 17.2 Å². The van der Waals surface area contributed by atoms with Crippen LogP contribution in [0.15, 0.2) is 41.6 Å². The van der Waals surface area contributed by atoms with Crippen LogP contribution in [0.4, 0.5) is 4.39 Å². The SMILES string of the molecule is Fc1cccc(-n2nnnc2SCc2cc(Cl)c3c(c2)OCCO3)c1. The van der Waals surface area contributed by atoms with Crippen LogP contribution in [-0.2, 0) is 5.75 Å². The highest BCUT2D eigenvalue weighted by Crippen LogP contribution is 2.39. The van der Waals surface area contributed by atoms with Gasteiger partial charge in [-0.2, -0.15) is 4.68 Å². The first kappa shape index (κ1) is 16.2. The molecule has 0 saturated carbocycles. The fourth-order valence-electron chi connectivity index (χ4n) is 2.43. The fourth-order valence-corrected chi connectivity index (χ4v) is 3.54. The highest BCUT2D eigenvalue weighted by Gasteiger charge is 2.17. The number of halogens is 2. The largest absolute Gasteiger partial charge is 0.486 e. The molecule has 0 amide bonds. The molecule has 1 aliphatic heterocycles. The molecule has 4 rings (SSSR count). The van der Waals surface area contributed by atoms with Crippen molar-refractivity contribution in [3.05, 3.63) is 52.8 Å². The van der Waals surface area contributed by atoms with E-state index in [1.165, 1.54) is 28.6 Å². The average molecular weight is 379 g/mol. The monoisotopic (exact) mass is 378 g/mol. The maximum absolute atomic E-state index is 13.4. The summed E-state index contributed by atoms with van der Waals surface area (Å²) < 4.78 is 26.0. The number of aromatic nitrogens is 4. The summed E-state index contributed by atoms with van der Waals surface area (Å²) in [5, 5.41) is 12.7. The molecular formula is C16H12ClFN4O2S. The van der Waals surface area contributed by atoms with Gasteiger partial charge in [0.25, 0.3) is 0 Å². The molecule has 0 spiro atoms. The van der Waals surface area contributed by atoms with E-state index in [0.717, 1.165) is 5.56 Å². The van der Waals surface area contributed by atoms with Crippen molar-refractivity contribution < 1.29 is 13.9 Å². The number of fused-ring (bicyclic) bond motifs is 1. The summed E-state index contributed by atoms with van der Waals surface area (Å²) in [6.45, 7) is 0.987. The van der Waals surface area contributed by atoms with Gasteiger partial charge in [0.1, 0.15) is 19.0 Å². The lowest BCUT2D eigenvalue weighted by atomic mass is 10.2. The van der Waals surface area contributed by atoms with Crippen LogP contribution < -0.4 is 9.47 Å². The predicted molar refractivity (Wildman–Crippen MR) is 91.1 cm³/mol. The van der Waals surface area contributed by atoms with E-state index in [4.69, 9.17) is 21.1 Å². The Bertz CT molecular complexity index is 921. The normalized spacial score (nSPS) is 13.0. The Balaban J connectivity index is 1.55. The summed E-state index contributed by atoms with van der Waals surface area (Å²) in [6, 6.07) is 9.83. The number of tetrazole rings is 1. The molecule has 1 aliphatic rings. The van der Waals surface area contributed by atoms with Gasteiger partial charge < -0.3 is 9.47 Å². The average Bonchev–Trinajstić information content (AvgIpc) is 3.09. The van der Waals surface area contributed by atoms with Crippen LogP contribution >= 0.6 is 23.4 Å². The van der Waals surface area contributed by atoms with Gasteiger partial charge >= 0.3 is 0 Å². The van der Waals surface area contributed by atoms with Gasteiger partial charge in [0.2, 0.25) is 5.16 Å². The Labute approximate surface area is 151 Å². The van der Waals surface area contributed by atoms with Gasteiger partial charge in [-0.15, -0.1) is 5.10 Å². The topological polar surface area (TPSA) is 62.1 Å². The molecule has 2 heterocycles. The van der Waals surface area contributed by atoms with Crippen LogP contribution in [-0.4, -0.2) is 33.4 Å². The lowest BCUT2D eigenvalue weighted by Crippen LogP contribution is -2.15. The molecule has 0 fully saturated rings. The third-order valence-corrected chi connectivity index (χ3v) is 4.79. The quantitative estimate of drug-likeness (QED) is 0.647. The van der Waals surface area contributed by atoms with Crippen LogP contribution in [0.3, 0.4) is 0 Å². The Kier molecular flexibility index (Phi) is 4.46. The summed E-state index contributed by atoms with van der Waals surface area (Å²) >= 11 is 7.67. The van der Waals surface area contributed by atoms with Crippen LogP contribution in [0.1, 0.15) is 5.56 Å². The lowest BCUT2D eigenvalue weighted by molar-refractivity contribution is 0.171. The van der Waals surface area contributed by atoms with E-state index in [-0.39, 0.29) is 5.82 Å². The zero-order valence-electron chi connectivity index (χ0n) is 12.9. The van der Waals surface area contributed by atoms with Gasteiger partial charge in [0.15, 0.2) is 11.5 Å². The number of ether oxygens (including phenoxy) is 2. The van der Waals surface area contributed by atoms with Crippen molar-refractivity contribution in [2.45, 2.75) is 10.9 Å². The first-order chi connectivity index (χ1) is 12.2. The number of hydrogen-bond donors (Lipinski definition) is 0. The molecule has 25 heavy (non-hydrogen) atoms. The number of hydrogen-bond acceptors (Lipinski definition) is 6. The molecule has 6 nitrogen and oxygen atoms in total. The standard InChI is InChI=1S/C16H12ClFN4O2S/c17-13-6-10(7-14-15(13)24-5-4-23-14)9-25-16-19-20-21-22(16)12-3-1-2-11(18)8-12/h1-3,6-8H,4-5,9H2. The Morgan fingerprint density at radius 3 is 2.96 bits per heavy atom. The zero-order chi connectivity index (χ0) is 17.2. The summed E-state index contributed by atoms with van der Waals surface area (Å²) in [4.78, 5) is 0. The lowest BCUT2D eigenvalue weighted by Gasteiger charge is -2.20. The second-order valence-corrected chi connectivity index (χ2v) is 6.59. The van der Waals surface area contributed by atoms with Gasteiger partial charge in [0.05, 0.1) is 10.7 Å². The molecule has 0 saturated heterocycles. The first-order valence-electron chi connectivity index (χ1n) is 7.46. The van der Waals surface area contributed by atoms with Crippen LogP contribution in [0.2, 0.25) is 5.02 Å². The number of benzene rings is 2.